The van der Waals surface area contributed by atoms with Gasteiger partial charge in [-0.05, 0) is 31.2 Å². The molecule has 1 heterocycles. The minimum Gasteiger partial charge on any atom is -0.497 e. The molecule has 2 rings (SSSR count). The average molecular weight is 305 g/mol. The fourth-order valence-electron chi connectivity index (χ4n) is 2.34. The summed E-state index contributed by atoms with van der Waals surface area (Å²) in [4.78, 5) is 14.0. The van der Waals surface area contributed by atoms with E-state index in [1.165, 1.54) is 0 Å². The van der Waals surface area contributed by atoms with E-state index in [0.29, 0.717) is 37.4 Å². The Bertz CT molecular complexity index is 548. The third kappa shape index (κ3) is 3.61. The van der Waals surface area contributed by atoms with Crippen LogP contribution in [0.3, 0.4) is 0 Å². The van der Waals surface area contributed by atoms with E-state index in [9.17, 15) is 10.1 Å². The van der Waals surface area contributed by atoms with Crippen molar-refractivity contribution in [2.75, 3.05) is 31.8 Å². The highest BCUT2D eigenvalue weighted by Crippen LogP contribution is 2.33. The zero-order chi connectivity index (χ0) is 15.3. The molecule has 0 aliphatic carbocycles. The number of carbonyl (C=O) groups excluding carboxylic acids is 1. The van der Waals surface area contributed by atoms with E-state index in [1.807, 2.05) is 24.5 Å². The van der Waals surface area contributed by atoms with E-state index in [0.717, 1.165) is 0 Å². The maximum Gasteiger partial charge on any atom is 0.321 e. The van der Waals surface area contributed by atoms with Crippen molar-refractivity contribution in [3.8, 4) is 11.8 Å². The van der Waals surface area contributed by atoms with Crippen molar-refractivity contribution in [3.05, 3.63) is 24.3 Å². The molecule has 1 aliphatic heterocycles. The fourth-order valence-corrected chi connectivity index (χ4v) is 3.02. The lowest BCUT2D eigenvalue weighted by Crippen LogP contribution is -2.46. The molecule has 0 atom stereocenters. The van der Waals surface area contributed by atoms with Crippen LogP contribution in [0.1, 0.15) is 12.8 Å². The molecule has 1 N–H and O–H groups in total. The van der Waals surface area contributed by atoms with E-state index in [-0.39, 0.29) is 10.8 Å². The Labute approximate surface area is 129 Å². The number of urea groups is 1. The van der Waals surface area contributed by atoms with Crippen LogP contribution in [0.15, 0.2) is 24.3 Å². The molecule has 0 spiro atoms. The Morgan fingerprint density at radius 1 is 1.48 bits per heavy atom. The summed E-state index contributed by atoms with van der Waals surface area (Å²) < 4.78 is 4.79. The molecule has 1 aromatic carbocycles. The van der Waals surface area contributed by atoms with Gasteiger partial charge >= 0.3 is 6.03 Å². The maximum atomic E-state index is 12.2. The summed E-state index contributed by atoms with van der Waals surface area (Å²) >= 11 is 1.58. The Morgan fingerprint density at radius 3 is 2.76 bits per heavy atom. The van der Waals surface area contributed by atoms with Crippen molar-refractivity contribution in [3.63, 3.8) is 0 Å². The van der Waals surface area contributed by atoms with Gasteiger partial charge in [-0.1, -0.05) is 6.07 Å². The van der Waals surface area contributed by atoms with Crippen LogP contribution in [0, 0.1) is 11.3 Å². The van der Waals surface area contributed by atoms with E-state index >= 15 is 0 Å². The topological polar surface area (TPSA) is 65.4 Å². The number of ether oxygens (including phenoxy) is 1. The molecule has 1 saturated heterocycles. The lowest BCUT2D eigenvalue weighted by Gasteiger charge is -2.36. The number of methoxy groups -OCH3 is 1. The molecule has 5 nitrogen and oxygen atoms in total. The SMILES string of the molecule is COc1cccc(NC(=O)N2CCC(C#N)(SC)CC2)c1. The lowest BCUT2D eigenvalue weighted by atomic mass is 9.97. The van der Waals surface area contributed by atoms with Gasteiger partial charge in [-0.15, -0.1) is 11.8 Å². The van der Waals surface area contributed by atoms with Crippen LogP contribution in [0.2, 0.25) is 0 Å². The minimum absolute atomic E-state index is 0.129. The molecule has 2 amide bonds. The quantitative estimate of drug-likeness (QED) is 0.932. The molecule has 0 radical (unpaired) electrons. The van der Waals surface area contributed by atoms with Crippen molar-refractivity contribution in [2.24, 2.45) is 0 Å². The van der Waals surface area contributed by atoms with Gasteiger partial charge in [0.15, 0.2) is 0 Å². The van der Waals surface area contributed by atoms with Gasteiger partial charge in [-0.25, -0.2) is 4.79 Å². The molecule has 6 heteroatoms. The summed E-state index contributed by atoms with van der Waals surface area (Å²) in [7, 11) is 1.59. The van der Waals surface area contributed by atoms with E-state index in [1.54, 1.807) is 29.8 Å². The highest BCUT2D eigenvalue weighted by molar-refractivity contribution is 8.00. The molecule has 0 aromatic heterocycles. The van der Waals surface area contributed by atoms with Crippen LogP contribution in [-0.4, -0.2) is 42.1 Å². The number of amides is 2. The molecule has 0 unspecified atom stereocenters. The Kier molecular flexibility index (Phi) is 4.97. The van der Waals surface area contributed by atoms with Crippen molar-refractivity contribution in [1.29, 1.82) is 5.26 Å². The second-order valence-electron chi connectivity index (χ2n) is 4.96. The number of nitrogens with one attached hydrogen (secondary N) is 1. The van der Waals surface area contributed by atoms with Gasteiger partial charge in [0, 0.05) is 24.8 Å². The first-order valence-corrected chi connectivity index (χ1v) is 8.01. The first kappa shape index (κ1) is 15.5. The van der Waals surface area contributed by atoms with Crippen LogP contribution < -0.4 is 10.1 Å². The molecule has 112 valence electrons. The number of piperidine rings is 1. The second kappa shape index (κ2) is 6.72. The smallest absolute Gasteiger partial charge is 0.321 e. The summed E-state index contributed by atoms with van der Waals surface area (Å²) in [6, 6.07) is 9.52. The Hall–Kier alpha value is -1.87. The monoisotopic (exact) mass is 305 g/mol. The molecular formula is C15H19N3O2S. The Balaban J connectivity index is 1.95. The summed E-state index contributed by atoms with van der Waals surface area (Å²) in [5.41, 5.74) is 0.710. The first-order chi connectivity index (χ1) is 10.1. The standard InChI is InChI=1S/C15H19N3O2S/c1-20-13-5-3-4-12(10-13)17-14(19)18-8-6-15(11-16,21-2)7-9-18/h3-5,10H,6-9H2,1-2H3,(H,17,19). The van der Waals surface area contributed by atoms with Crippen LogP contribution in [0.25, 0.3) is 0 Å². The fraction of sp³-hybridized carbons (Fsp3) is 0.467. The van der Waals surface area contributed by atoms with Crippen LogP contribution in [0.4, 0.5) is 10.5 Å². The number of hydrogen-bond acceptors (Lipinski definition) is 4. The zero-order valence-electron chi connectivity index (χ0n) is 12.3. The molecule has 1 aromatic rings. The second-order valence-corrected chi connectivity index (χ2v) is 6.15. The normalized spacial score (nSPS) is 16.9. The number of carbonyl (C=O) groups is 1. The number of anilines is 1. The van der Waals surface area contributed by atoms with Gasteiger partial charge in [0.2, 0.25) is 0 Å². The molecule has 0 bridgehead atoms. The minimum atomic E-state index is -0.341. The summed E-state index contributed by atoms with van der Waals surface area (Å²) in [5, 5.41) is 12.1. The highest BCUT2D eigenvalue weighted by Gasteiger charge is 2.35. The molecule has 1 fully saturated rings. The van der Waals surface area contributed by atoms with Crippen LogP contribution in [0.5, 0.6) is 5.75 Å². The number of benzene rings is 1. The van der Waals surface area contributed by atoms with Crippen molar-refractivity contribution < 1.29 is 9.53 Å². The van der Waals surface area contributed by atoms with Gasteiger partial charge < -0.3 is 15.0 Å². The molecule has 0 saturated carbocycles. The average Bonchev–Trinajstić information content (AvgIpc) is 2.55. The Morgan fingerprint density at radius 2 is 2.19 bits per heavy atom. The zero-order valence-corrected chi connectivity index (χ0v) is 13.1. The van der Waals surface area contributed by atoms with Gasteiger partial charge in [0.25, 0.3) is 0 Å². The predicted octanol–water partition coefficient (Wildman–Crippen LogP) is 2.95. The van der Waals surface area contributed by atoms with E-state index in [4.69, 9.17) is 4.74 Å². The largest absolute Gasteiger partial charge is 0.497 e. The summed E-state index contributed by atoms with van der Waals surface area (Å²) in [6.07, 6.45) is 3.36. The van der Waals surface area contributed by atoms with Gasteiger partial charge in [0.05, 0.1) is 13.2 Å². The van der Waals surface area contributed by atoms with Gasteiger partial charge in [-0.2, -0.15) is 5.26 Å². The summed E-state index contributed by atoms with van der Waals surface area (Å²) in [5.74, 6) is 0.706. The van der Waals surface area contributed by atoms with Crippen molar-refractivity contribution in [2.45, 2.75) is 17.6 Å². The maximum absolute atomic E-state index is 12.2. The lowest BCUT2D eigenvalue weighted by molar-refractivity contribution is 0.196. The molecular weight excluding hydrogens is 286 g/mol. The number of nitriles is 1. The predicted molar refractivity (Wildman–Crippen MR) is 84.7 cm³/mol. The van der Waals surface area contributed by atoms with Crippen LogP contribution >= 0.6 is 11.8 Å². The number of hydrogen-bond donors (Lipinski definition) is 1. The number of rotatable bonds is 3. The van der Waals surface area contributed by atoms with Gasteiger partial charge in [0.1, 0.15) is 10.5 Å². The van der Waals surface area contributed by atoms with Gasteiger partial charge in [-0.3, -0.25) is 0 Å². The third-order valence-corrected chi connectivity index (χ3v) is 5.05. The van der Waals surface area contributed by atoms with Crippen molar-refractivity contribution in [1.82, 2.24) is 4.90 Å². The number of thioether (sulfide) groups is 1. The number of likely N-dealkylation sites (tertiary alicyclic amines) is 1. The number of nitrogens with zero attached hydrogens (tertiary/aromatic N) is 2. The molecule has 1 aliphatic rings. The third-order valence-electron chi connectivity index (χ3n) is 3.77. The van der Waals surface area contributed by atoms with Crippen LogP contribution in [-0.2, 0) is 0 Å². The first-order valence-electron chi connectivity index (χ1n) is 6.79. The molecule has 21 heavy (non-hydrogen) atoms. The van der Waals surface area contributed by atoms with E-state index < -0.39 is 0 Å². The summed E-state index contributed by atoms with van der Waals surface area (Å²) in [6.45, 7) is 1.20. The highest BCUT2D eigenvalue weighted by atomic mass is 32.2. The van der Waals surface area contributed by atoms with Crippen molar-refractivity contribution >= 4 is 23.5 Å². The van der Waals surface area contributed by atoms with E-state index in [2.05, 4.69) is 11.4 Å².